The van der Waals surface area contributed by atoms with Crippen LogP contribution < -0.4 is 15.5 Å². The quantitative estimate of drug-likeness (QED) is 0.603. The van der Waals surface area contributed by atoms with E-state index in [0.29, 0.717) is 30.9 Å². The van der Waals surface area contributed by atoms with Crippen LogP contribution in [0.2, 0.25) is 0 Å². The third-order valence-electron chi connectivity index (χ3n) is 5.84. The Morgan fingerprint density at radius 3 is 2.62 bits per heavy atom. The summed E-state index contributed by atoms with van der Waals surface area (Å²) in [6.07, 6.45) is 5.12. The molecule has 6 heteroatoms. The zero-order valence-corrected chi connectivity index (χ0v) is 16.0. The van der Waals surface area contributed by atoms with Gasteiger partial charge in [0, 0.05) is 33.2 Å². The number of halogens is 1. The van der Waals surface area contributed by atoms with E-state index in [1.54, 1.807) is 13.1 Å². The molecule has 2 N–H and O–H groups in total. The molecule has 1 aliphatic heterocycles. The molecule has 0 spiro atoms. The highest BCUT2D eigenvalue weighted by Gasteiger charge is 2.34. The molecule has 0 amide bonds. The summed E-state index contributed by atoms with van der Waals surface area (Å²) in [5.41, 5.74) is 2.01. The zero-order chi connectivity index (χ0) is 18.4. The molecule has 0 bridgehead atoms. The lowest BCUT2D eigenvalue weighted by atomic mass is 9.67. The fraction of sp³-hybridized carbons (Fsp3) is 0.650. The van der Waals surface area contributed by atoms with E-state index in [2.05, 4.69) is 22.5 Å². The summed E-state index contributed by atoms with van der Waals surface area (Å²) in [6.45, 7) is 6.56. The highest BCUT2D eigenvalue weighted by molar-refractivity contribution is 5.79. The Labute approximate surface area is 156 Å². The number of nitrogens with zero attached hydrogens (tertiary/aromatic N) is 2. The summed E-state index contributed by atoms with van der Waals surface area (Å²) in [4.78, 5) is 6.33. The van der Waals surface area contributed by atoms with Gasteiger partial charge in [-0.1, -0.05) is 19.4 Å². The molecule has 1 heterocycles. The van der Waals surface area contributed by atoms with Crippen LogP contribution in [0.15, 0.2) is 23.2 Å². The Kier molecular flexibility index (Phi) is 6.35. The SMILES string of the molecule is CCC1(CNC(=NC)NCc2ccc(N3CCOCC3)c(F)c2)CCC1. The molecule has 2 fully saturated rings. The second-order valence-electron chi connectivity index (χ2n) is 7.37. The molecule has 0 radical (unpaired) electrons. The Balaban J connectivity index is 1.52. The van der Waals surface area contributed by atoms with Crippen molar-refractivity contribution in [2.75, 3.05) is 44.8 Å². The first-order valence-electron chi connectivity index (χ1n) is 9.71. The molecule has 1 saturated carbocycles. The van der Waals surface area contributed by atoms with Gasteiger partial charge in [-0.05, 0) is 42.4 Å². The average molecular weight is 362 g/mol. The van der Waals surface area contributed by atoms with Gasteiger partial charge < -0.3 is 20.3 Å². The summed E-state index contributed by atoms with van der Waals surface area (Å²) in [5.74, 6) is 0.607. The van der Waals surface area contributed by atoms with Crippen molar-refractivity contribution in [3.63, 3.8) is 0 Å². The Bertz CT molecular complexity index is 619. The number of hydrogen-bond donors (Lipinski definition) is 2. The smallest absolute Gasteiger partial charge is 0.191 e. The average Bonchev–Trinajstić information content (AvgIpc) is 2.64. The number of hydrogen-bond acceptors (Lipinski definition) is 3. The molecule has 26 heavy (non-hydrogen) atoms. The van der Waals surface area contributed by atoms with Gasteiger partial charge in [-0.15, -0.1) is 0 Å². The molecule has 1 aromatic carbocycles. The van der Waals surface area contributed by atoms with Crippen molar-refractivity contribution in [3.05, 3.63) is 29.6 Å². The molecule has 1 aromatic rings. The van der Waals surface area contributed by atoms with E-state index in [1.165, 1.54) is 25.7 Å². The number of anilines is 1. The first kappa shape index (κ1) is 19.0. The summed E-state index contributed by atoms with van der Waals surface area (Å²) < 4.78 is 19.8. The molecule has 1 aliphatic carbocycles. The number of nitrogens with one attached hydrogen (secondary N) is 2. The molecular weight excluding hydrogens is 331 g/mol. The lowest BCUT2D eigenvalue weighted by molar-refractivity contribution is 0.122. The summed E-state index contributed by atoms with van der Waals surface area (Å²) in [7, 11) is 1.77. The van der Waals surface area contributed by atoms with Crippen molar-refractivity contribution in [2.45, 2.75) is 39.2 Å². The van der Waals surface area contributed by atoms with E-state index in [9.17, 15) is 4.39 Å². The fourth-order valence-corrected chi connectivity index (χ4v) is 3.73. The second kappa shape index (κ2) is 8.71. The van der Waals surface area contributed by atoms with Crippen LogP contribution in [0.4, 0.5) is 10.1 Å². The number of ether oxygens (including phenoxy) is 1. The third-order valence-corrected chi connectivity index (χ3v) is 5.84. The van der Waals surface area contributed by atoms with E-state index in [4.69, 9.17) is 4.74 Å². The molecule has 1 saturated heterocycles. The van der Waals surface area contributed by atoms with Gasteiger partial charge in [0.05, 0.1) is 18.9 Å². The van der Waals surface area contributed by atoms with Crippen LogP contribution in [-0.4, -0.2) is 45.9 Å². The lowest BCUT2D eigenvalue weighted by Gasteiger charge is -2.41. The van der Waals surface area contributed by atoms with Crippen molar-refractivity contribution in [2.24, 2.45) is 10.4 Å². The van der Waals surface area contributed by atoms with Crippen LogP contribution in [0.25, 0.3) is 0 Å². The van der Waals surface area contributed by atoms with Crippen molar-refractivity contribution in [1.82, 2.24) is 10.6 Å². The predicted molar refractivity (Wildman–Crippen MR) is 104 cm³/mol. The minimum absolute atomic E-state index is 0.173. The molecular formula is C20H31FN4O. The van der Waals surface area contributed by atoms with Crippen LogP contribution in [0.1, 0.15) is 38.2 Å². The largest absolute Gasteiger partial charge is 0.378 e. The van der Waals surface area contributed by atoms with Gasteiger partial charge in [-0.25, -0.2) is 4.39 Å². The Morgan fingerprint density at radius 2 is 2.04 bits per heavy atom. The fourth-order valence-electron chi connectivity index (χ4n) is 3.73. The molecule has 2 aliphatic rings. The van der Waals surface area contributed by atoms with Crippen LogP contribution in [-0.2, 0) is 11.3 Å². The number of benzene rings is 1. The van der Waals surface area contributed by atoms with Gasteiger partial charge in [-0.2, -0.15) is 0 Å². The zero-order valence-electron chi connectivity index (χ0n) is 16.0. The van der Waals surface area contributed by atoms with E-state index < -0.39 is 0 Å². The van der Waals surface area contributed by atoms with Gasteiger partial charge >= 0.3 is 0 Å². The van der Waals surface area contributed by atoms with E-state index in [-0.39, 0.29) is 5.82 Å². The van der Waals surface area contributed by atoms with Gasteiger partial charge in [0.15, 0.2) is 5.96 Å². The molecule has 3 rings (SSSR count). The van der Waals surface area contributed by atoms with Crippen LogP contribution in [0.3, 0.4) is 0 Å². The van der Waals surface area contributed by atoms with Gasteiger partial charge in [0.2, 0.25) is 0 Å². The Hall–Kier alpha value is -1.82. The molecule has 0 atom stereocenters. The second-order valence-corrected chi connectivity index (χ2v) is 7.37. The van der Waals surface area contributed by atoms with E-state index >= 15 is 0 Å². The third kappa shape index (κ3) is 4.47. The lowest BCUT2D eigenvalue weighted by Crippen LogP contribution is -2.46. The molecule has 0 aromatic heterocycles. The molecule has 5 nitrogen and oxygen atoms in total. The van der Waals surface area contributed by atoms with Gasteiger partial charge in [0.1, 0.15) is 5.82 Å². The number of rotatable bonds is 6. The van der Waals surface area contributed by atoms with Crippen molar-refractivity contribution >= 4 is 11.6 Å². The van der Waals surface area contributed by atoms with Gasteiger partial charge in [0.25, 0.3) is 0 Å². The standard InChI is InChI=1S/C20H31FN4O/c1-3-20(7-4-8-20)15-24-19(22-2)23-14-16-5-6-18(17(21)13-16)25-9-11-26-12-10-25/h5-6,13H,3-4,7-12,14-15H2,1-2H3,(H2,22,23,24). The number of morpholine rings is 1. The minimum Gasteiger partial charge on any atom is -0.378 e. The van der Waals surface area contributed by atoms with Crippen LogP contribution in [0.5, 0.6) is 0 Å². The van der Waals surface area contributed by atoms with E-state index in [1.807, 2.05) is 17.0 Å². The predicted octanol–water partition coefficient (Wildman–Crippen LogP) is 2.91. The van der Waals surface area contributed by atoms with Crippen molar-refractivity contribution < 1.29 is 9.13 Å². The maximum absolute atomic E-state index is 14.5. The minimum atomic E-state index is -0.173. The van der Waals surface area contributed by atoms with Crippen LogP contribution >= 0.6 is 0 Å². The number of guanidine groups is 1. The molecule has 0 unspecified atom stereocenters. The Morgan fingerprint density at radius 1 is 1.27 bits per heavy atom. The molecule has 144 valence electrons. The van der Waals surface area contributed by atoms with Crippen molar-refractivity contribution in [1.29, 1.82) is 0 Å². The topological polar surface area (TPSA) is 48.9 Å². The summed E-state index contributed by atoms with van der Waals surface area (Å²) in [6, 6.07) is 5.46. The maximum Gasteiger partial charge on any atom is 0.191 e. The summed E-state index contributed by atoms with van der Waals surface area (Å²) in [5, 5.41) is 6.73. The first-order chi connectivity index (χ1) is 12.7. The number of aliphatic imine (C=N–C) groups is 1. The summed E-state index contributed by atoms with van der Waals surface area (Å²) >= 11 is 0. The normalized spacial score (nSPS) is 19.8. The van der Waals surface area contributed by atoms with E-state index in [0.717, 1.165) is 31.2 Å². The van der Waals surface area contributed by atoms with Gasteiger partial charge in [-0.3, -0.25) is 4.99 Å². The monoisotopic (exact) mass is 362 g/mol. The maximum atomic E-state index is 14.5. The van der Waals surface area contributed by atoms with Crippen molar-refractivity contribution in [3.8, 4) is 0 Å². The first-order valence-corrected chi connectivity index (χ1v) is 9.71. The van der Waals surface area contributed by atoms with Crippen LogP contribution in [0, 0.1) is 11.2 Å². The highest BCUT2D eigenvalue weighted by Crippen LogP contribution is 2.42. The highest BCUT2D eigenvalue weighted by atomic mass is 19.1.